The monoisotopic (exact) mass is 457 g/mol. The van der Waals surface area contributed by atoms with E-state index in [4.69, 9.17) is 14.2 Å². The highest BCUT2D eigenvalue weighted by Gasteiger charge is 2.41. The summed E-state index contributed by atoms with van der Waals surface area (Å²) in [6.45, 7) is 2.39. The van der Waals surface area contributed by atoms with E-state index in [2.05, 4.69) is 0 Å². The smallest absolute Gasteiger partial charge is 0.337 e. The van der Waals surface area contributed by atoms with Gasteiger partial charge in [0.05, 0.1) is 18.7 Å². The second kappa shape index (κ2) is 8.59. The molecular formula is C27H23NO6. The third-order valence-corrected chi connectivity index (χ3v) is 6.10. The molecule has 7 heteroatoms. The topological polar surface area (TPSA) is 85.3 Å². The Labute approximate surface area is 196 Å². The molecule has 2 aliphatic rings. The van der Waals surface area contributed by atoms with Crippen LogP contribution in [-0.2, 0) is 16.1 Å². The maximum Gasteiger partial charge on any atom is 0.337 e. The molecule has 0 fully saturated rings. The highest BCUT2D eigenvalue weighted by atomic mass is 16.7. The van der Waals surface area contributed by atoms with Crippen LogP contribution in [0.2, 0.25) is 0 Å². The number of methoxy groups -OCH3 is 1. The molecule has 1 N–H and O–H groups in total. The lowest BCUT2D eigenvalue weighted by Crippen LogP contribution is -2.29. The molecule has 3 aromatic rings. The van der Waals surface area contributed by atoms with E-state index in [-0.39, 0.29) is 19.1 Å². The normalized spacial score (nSPS) is 16.8. The molecule has 1 atom stereocenters. The Bertz CT molecular complexity index is 1290. The highest BCUT2D eigenvalue weighted by Crippen LogP contribution is 2.44. The molecule has 2 heterocycles. The number of aliphatic hydroxyl groups excluding tert-OH is 1. The van der Waals surface area contributed by atoms with Gasteiger partial charge in [0.15, 0.2) is 17.3 Å². The van der Waals surface area contributed by atoms with Crippen molar-refractivity contribution < 1.29 is 28.9 Å². The first-order chi connectivity index (χ1) is 16.5. The number of aryl methyl sites for hydroxylation is 1. The molecule has 172 valence electrons. The summed E-state index contributed by atoms with van der Waals surface area (Å²) in [5.74, 6) is 0.0946. The minimum Gasteiger partial charge on any atom is -0.503 e. The van der Waals surface area contributed by atoms with Crippen molar-refractivity contribution in [3.63, 3.8) is 0 Å². The van der Waals surface area contributed by atoms with Gasteiger partial charge in [0, 0.05) is 12.1 Å². The van der Waals surface area contributed by atoms with Gasteiger partial charge < -0.3 is 24.2 Å². The first-order valence-corrected chi connectivity index (χ1v) is 10.8. The summed E-state index contributed by atoms with van der Waals surface area (Å²) in [5.41, 5.74) is 4.36. The van der Waals surface area contributed by atoms with E-state index in [1.165, 1.54) is 7.11 Å². The highest BCUT2D eigenvalue weighted by molar-refractivity contribution is 6.05. The number of aliphatic hydroxyl groups is 1. The molecule has 1 amide bonds. The standard InChI is InChI=1S/C27H23NO6/c1-16-3-6-18(7-4-16)23-24(19-8-10-20(11-9-19)27(31)32-2)28(26(30)25(23)29)14-17-5-12-21-22(13-17)34-15-33-21/h3-13,24,29H,14-15H2,1-2H3. The Morgan fingerprint density at radius 3 is 2.44 bits per heavy atom. The van der Waals surface area contributed by atoms with Crippen LogP contribution in [0.4, 0.5) is 0 Å². The second-order valence-electron chi connectivity index (χ2n) is 8.27. The summed E-state index contributed by atoms with van der Waals surface area (Å²) in [7, 11) is 1.33. The van der Waals surface area contributed by atoms with Crippen LogP contribution in [0.3, 0.4) is 0 Å². The number of fused-ring (bicyclic) bond motifs is 1. The Hall–Kier alpha value is -4.26. The van der Waals surface area contributed by atoms with Crippen LogP contribution < -0.4 is 9.47 Å². The summed E-state index contributed by atoms with van der Waals surface area (Å²) in [4.78, 5) is 26.8. The fourth-order valence-corrected chi connectivity index (χ4v) is 4.35. The molecule has 0 radical (unpaired) electrons. The molecule has 2 aliphatic heterocycles. The van der Waals surface area contributed by atoms with Gasteiger partial charge in [-0.15, -0.1) is 0 Å². The van der Waals surface area contributed by atoms with Gasteiger partial charge in [-0.1, -0.05) is 48.0 Å². The number of esters is 1. The predicted molar refractivity (Wildman–Crippen MR) is 124 cm³/mol. The predicted octanol–water partition coefficient (Wildman–Crippen LogP) is 4.56. The zero-order valence-electron chi connectivity index (χ0n) is 18.8. The zero-order chi connectivity index (χ0) is 23.8. The van der Waals surface area contributed by atoms with Crippen molar-refractivity contribution in [2.75, 3.05) is 13.9 Å². The van der Waals surface area contributed by atoms with Crippen LogP contribution in [0.15, 0.2) is 72.5 Å². The number of ether oxygens (including phenoxy) is 3. The minimum atomic E-state index is -0.549. The molecule has 0 saturated heterocycles. The quantitative estimate of drug-likeness (QED) is 0.566. The van der Waals surface area contributed by atoms with Gasteiger partial charge >= 0.3 is 5.97 Å². The van der Waals surface area contributed by atoms with Crippen LogP contribution in [0.5, 0.6) is 11.5 Å². The lowest BCUT2D eigenvalue weighted by Gasteiger charge is -2.28. The zero-order valence-corrected chi connectivity index (χ0v) is 18.8. The van der Waals surface area contributed by atoms with Crippen molar-refractivity contribution in [2.24, 2.45) is 0 Å². The van der Waals surface area contributed by atoms with Gasteiger partial charge in [0.25, 0.3) is 5.91 Å². The molecule has 34 heavy (non-hydrogen) atoms. The maximum absolute atomic E-state index is 13.3. The first kappa shape index (κ1) is 21.6. The maximum atomic E-state index is 13.3. The second-order valence-corrected chi connectivity index (χ2v) is 8.27. The molecule has 0 bridgehead atoms. The fourth-order valence-electron chi connectivity index (χ4n) is 4.35. The van der Waals surface area contributed by atoms with Crippen LogP contribution >= 0.6 is 0 Å². The molecular weight excluding hydrogens is 434 g/mol. The summed E-state index contributed by atoms with van der Waals surface area (Å²) < 4.78 is 15.7. The Kier molecular flexibility index (Phi) is 5.45. The van der Waals surface area contributed by atoms with Crippen LogP contribution in [0.25, 0.3) is 5.57 Å². The third-order valence-electron chi connectivity index (χ3n) is 6.10. The van der Waals surface area contributed by atoms with E-state index in [0.717, 1.165) is 22.3 Å². The van der Waals surface area contributed by atoms with E-state index in [1.807, 2.05) is 49.4 Å². The van der Waals surface area contributed by atoms with Crippen LogP contribution in [0.1, 0.15) is 38.7 Å². The molecule has 0 saturated carbocycles. The van der Waals surface area contributed by atoms with E-state index >= 15 is 0 Å². The van der Waals surface area contributed by atoms with Gasteiger partial charge in [-0.3, -0.25) is 4.79 Å². The van der Waals surface area contributed by atoms with Gasteiger partial charge in [0.2, 0.25) is 6.79 Å². The molecule has 1 unspecified atom stereocenters. The number of hydrogen-bond acceptors (Lipinski definition) is 6. The lowest BCUT2D eigenvalue weighted by atomic mass is 9.92. The lowest BCUT2D eigenvalue weighted by molar-refractivity contribution is -0.130. The van der Waals surface area contributed by atoms with Crippen molar-refractivity contribution >= 4 is 17.4 Å². The number of rotatable bonds is 5. The Morgan fingerprint density at radius 1 is 1.03 bits per heavy atom. The van der Waals surface area contributed by atoms with E-state index < -0.39 is 17.9 Å². The Balaban J connectivity index is 1.56. The summed E-state index contributed by atoms with van der Waals surface area (Å²) in [5, 5.41) is 11.0. The molecule has 3 aromatic carbocycles. The summed E-state index contributed by atoms with van der Waals surface area (Å²) >= 11 is 0. The summed E-state index contributed by atoms with van der Waals surface area (Å²) in [6.07, 6.45) is 0. The van der Waals surface area contributed by atoms with Crippen molar-refractivity contribution in [2.45, 2.75) is 19.5 Å². The molecule has 7 nitrogen and oxygen atoms in total. The molecule has 0 aromatic heterocycles. The fraction of sp³-hybridized carbons (Fsp3) is 0.185. The molecule has 5 rings (SSSR count). The van der Waals surface area contributed by atoms with Crippen molar-refractivity contribution in [1.82, 2.24) is 4.90 Å². The summed E-state index contributed by atoms with van der Waals surface area (Å²) in [6, 6.07) is 19.5. The van der Waals surface area contributed by atoms with Crippen molar-refractivity contribution in [3.05, 3.63) is 100 Å². The number of carbonyl (C=O) groups is 2. The van der Waals surface area contributed by atoms with E-state index in [0.29, 0.717) is 22.6 Å². The third kappa shape index (κ3) is 3.75. The SMILES string of the molecule is COC(=O)c1ccc(C2C(c3ccc(C)cc3)=C(O)C(=O)N2Cc2ccc3c(c2)OCO3)cc1. The Morgan fingerprint density at radius 2 is 1.74 bits per heavy atom. The van der Waals surface area contributed by atoms with Crippen LogP contribution in [-0.4, -0.2) is 35.8 Å². The number of nitrogens with zero attached hydrogens (tertiary/aromatic N) is 1. The van der Waals surface area contributed by atoms with Gasteiger partial charge in [-0.25, -0.2) is 4.79 Å². The average molecular weight is 457 g/mol. The number of benzene rings is 3. The molecule has 0 aliphatic carbocycles. The van der Waals surface area contributed by atoms with Crippen molar-refractivity contribution in [1.29, 1.82) is 0 Å². The van der Waals surface area contributed by atoms with E-state index in [1.54, 1.807) is 29.2 Å². The van der Waals surface area contributed by atoms with Crippen LogP contribution in [0, 0.1) is 6.92 Å². The molecule has 0 spiro atoms. The van der Waals surface area contributed by atoms with E-state index in [9.17, 15) is 14.7 Å². The van der Waals surface area contributed by atoms with Gasteiger partial charge in [-0.2, -0.15) is 0 Å². The number of carbonyl (C=O) groups excluding carboxylic acids is 2. The average Bonchev–Trinajstić information content (AvgIpc) is 3.42. The van der Waals surface area contributed by atoms with Gasteiger partial charge in [0.1, 0.15) is 0 Å². The number of hydrogen-bond donors (Lipinski definition) is 1. The number of amides is 1. The largest absolute Gasteiger partial charge is 0.503 e. The van der Waals surface area contributed by atoms with Gasteiger partial charge in [-0.05, 0) is 47.9 Å². The van der Waals surface area contributed by atoms with Crippen molar-refractivity contribution in [3.8, 4) is 11.5 Å². The minimum absolute atomic E-state index is 0.163. The first-order valence-electron chi connectivity index (χ1n) is 10.8.